The zero-order chi connectivity index (χ0) is 11.4. The predicted molar refractivity (Wildman–Crippen MR) is 29.1 cm³/mol. The molecule has 0 aromatic heterocycles. The number of halogens is 6. The van der Waals surface area contributed by atoms with Gasteiger partial charge in [-0.3, -0.25) is 0 Å². The highest BCUT2D eigenvalue weighted by Crippen LogP contribution is 2.56. The molecule has 0 aromatic rings. The van der Waals surface area contributed by atoms with Gasteiger partial charge >= 0.3 is 22.3 Å². The third-order valence-electron chi connectivity index (χ3n) is 1.37. The van der Waals surface area contributed by atoms with Crippen LogP contribution in [0.15, 0.2) is 11.7 Å². The molecule has 82 valence electrons. The Kier molecular flexibility index (Phi) is 2.12. The Morgan fingerprint density at radius 1 is 1.07 bits per heavy atom. The van der Waals surface area contributed by atoms with E-state index in [1.807, 2.05) is 0 Å². The van der Waals surface area contributed by atoms with Gasteiger partial charge in [0.2, 0.25) is 11.7 Å². The van der Waals surface area contributed by atoms with E-state index in [2.05, 4.69) is 4.18 Å². The SMILES string of the molecule is O=S(=O)(F)OC1(F)C(F)=C(F)C1(F)F. The maximum absolute atomic E-state index is 12.6. The van der Waals surface area contributed by atoms with Gasteiger partial charge in [0.25, 0.3) is 0 Å². The molecule has 0 saturated heterocycles. The Balaban J connectivity index is 3.13. The molecule has 1 atom stereocenters. The molecule has 14 heavy (non-hydrogen) atoms. The first-order valence-electron chi connectivity index (χ1n) is 2.80. The van der Waals surface area contributed by atoms with E-state index in [0.717, 1.165) is 0 Å². The molecule has 1 rings (SSSR count). The largest absolute Gasteiger partial charge is 0.441 e. The number of alkyl halides is 3. The van der Waals surface area contributed by atoms with Crippen molar-refractivity contribution in [3.63, 3.8) is 0 Å². The van der Waals surface area contributed by atoms with Crippen molar-refractivity contribution < 1.29 is 38.4 Å². The standard InChI is InChI=1S/C4F6O3S/c5-1-2(6)4(9,3(1,7)8)13-14(10,11)12. The van der Waals surface area contributed by atoms with Crippen LogP contribution in [0.25, 0.3) is 0 Å². The Labute approximate surface area is 73.4 Å². The van der Waals surface area contributed by atoms with Gasteiger partial charge in [0.05, 0.1) is 0 Å². The lowest BCUT2D eigenvalue weighted by Gasteiger charge is -2.36. The molecule has 1 unspecified atom stereocenters. The molecule has 0 N–H and O–H groups in total. The van der Waals surface area contributed by atoms with Crippen LogP contribution in [-0.2, 0) is 14.7 Å². The molecule has 0 radical (unpaired) electrons. The number of hydrogen-bond donors (Lipinski definition) is 0. The summed E-state index contributed by atoms with van der Waals surface area (Å²) in [6, 6.07) is 0. The van der Waals surface area contributed by atoms with Gasteiger partial charge in [0, 0.05) is 0 Å². The molecule has 10 heteroatoms. The zero-order valence-corrected chi connectivity index (χ0v) is 6.72. The molecule has 0 spiro atoms. The summed E-state index contributed by atoms with van der Waals surface area (Å²) in [5.74, 6) is -15.7. The van der Waals surface area contributed by atoms with Crippen LogP contribution >= 0.6 is 0 Å². The summed E-state index contributed by atoms with van der Waals surface area (Å²) in [5.41, 5.74) is 0. The highest BCUT2D eigenvalue weighted by molar-refractivity contribution is 7.81. The highest BCUT2D eigenvalue weighted by atomic mass is 32.3. The van der Waals surface area contributed by atoms with Gasteiger partial charge in [0.1, 0.15) is 0 Å². The van der Waals surface area contributed by atoms with Crippen LogP contribution in [0.3, 0.4) is 0 Å². The van der Waals surface area contributed by atoms with Crippen molar-refractivity contribution in [1.29, 1.82) is 0 Å². The molecule has 0 aromatic carbocycles. The molecule has 0 aliphatic heterocycles. The molecular weight excluding hydrogens is 242 g/mol. The van der Waals surface area contributed by atoms with Crippen LogP contribution in [-0.4, -0.2) is 20.2 Å². The van der Waals surface area contributed by atoms with Crippen molar-refractivity contribution in [3.8, 4) is 0 Å². The molecule has 0 amide bonds. The smallest absolute Gasteiger partial charge is 0.202 e. The first-order valence-corrected chi connectivity index (χ1v) is 4.11. The Morgan fingerprint density at radius 3 is 1.79 bits per heavy atom. The van der Waals surface area contributed by atoms with Gasteiger partial charge in [-0.2, -0.15) is 25.8 Å². The molecule has 0 heterocycles. The fourth-order valence-corrected chi connectivity index (χ4v) is 1.17. The van der Waals surface area contributed by atoms with Gasteiger partial charge < -0.3 is 0 Å². The van der Waals surface area contributed by atoms with Crippen molar-refractivity contribution in [3.05, 3.63) is 11.7 Å². The molecule has 3 nitrogen and oxygen atoms in total. The topological polar surface area (TPSA) is 43.4 Å². The fraction of sp³-hybridized carbons (Fsp3) is 0.500. The summed E-state index contributed by atoms with van der Waals surface area (Å²) in [7, 11) is -6.17. The lowest BCUT2D eigenvalue weighted by Crippen LogP contribution is -2.56. The monoisotopic (exact) mass is 242 g/mol. The first-order chi connectivity index (χ1) is 6.02. The van der Waals surface area contributed by atoms with Crippen molar-refractivity contribution >= 4 is 10.5 Å². The maximum Gasteiger partial charge on any atom is 0.441 e. The Bertz CT molecular complexity index is 399. The summed E-state index contributed by atoms with van der Waals surface area (Å²) in [5, 5.41) is 0. The van der Waals surface area contributed by atoms with Gasteiger partial charge in [-0.1, -0.05) is 3.89 Å². The van der Waals surface area contributed by atoms with Crippen molar-refractivity contribution in [2.45, 2.75) is 11.8 Å². The average Bonchev–Trinajstić information content (AvgIpc) is 1.98. The molecule has 0 bridgehead atoms. The first kappa shape index (κ1) is 11.3. The average molecular weight is 242 g/mol. The van der Waals surface area contributed by atoms with Crippen LogP contribution in [0, 0.1) is 0 Å². The van der Waals surface area contributed by atoms with E-state index in [0.29, 0.717) is 0 Å². The minimum atomic E-state index is -6.17. The van der Waals surface area contributed by atoms with Crippen molar-refractivity contribution in [2.24, 2.45) is 0 Å². The minimum absolute atomic E-state index is 2.48. The van der Waals surface area contributed by atoms with E-state index in [4.69, 9.17) is 0 Å². The summed E-state index contributed by atoms with van der Waals surface area (Å²) >= 11 is 0. The number of rotatable bonds is 2. The van der Waals surface area contributed by atoms with Crippen LogP contribution in [0.2, 0.25) is 0 Å². The molecular formula is C4F6O3S. The van der Waals surface area contributed by atoms with Crippen LogP contribution in [0.1, 0.15) is 0 Å². The zero-order valence-electron chi connectivity index (χ0n) is 5.90. The molecule has 1 aliphatic rings. The van der Waals surface area contributed by atoms with E-state index in [9.17, 15) is 34.3 Å². The van der Waals surface area contributed by atoms with Crippen molar-refractivity contribution in [2.75, 3.05) is 0 Å². The normalized spacial score (nSPS) is 31.6. The third-order valence-corrected chi connectivity index (χ3v) is 1.80. The van der Waals surface area contributed by atoms with Crippen LogP contribution in [0.5, 0.6) is 0 Å². The summed E-state index contributed by atoms with van der Waals surface area (Å²) < 4.78 is 94.1. The quantitative estimate of drug-likeness (QED) is 0.546. The van der Waals surface area contributed by atoms with E-state index in [1.165, 1.54) is 0 Å². The lowest BCUT2D eigenvalue weighted by atomic mass is 9.96. The second-order valence-electron chi connectivity index (χ2n) is 2.27. The Morgan fingerprint density at radius 2 is 1.50 bits per heavy atom. The second kappa shape index (κ2) is 2.63. The van der Waals surface area contributed by atoms with Crippen LogP contribution in [0.4, 0.5) is 25.8 Å². The molecule has 1 aliphatic carbocycles. The lowest BCUT2D eigenvalue weighted by molar-refractivity contribution is -0.243. The predicted octanol–water partition coefficient (Wildman–Crippen LogP) is 1.68. The van der Waals surface area contributed by atoms with E-state index in [1.54, 1.807) is 0 Å². The van der Waals surface area contributed by atoms with Gasteiger partial charge in [-0.25, -0.2) is 8.78 Å². The summed E-state index contributed by atoms with van der Waals surface area (Å²) in [6.07, 6.45) is 0. The van der Waals surface area contributed by atoms with E-state index >= 15 is 0 Å². The highest BCUT2D eigenvalue weighted by Gasteiger charge is 2.76. The van der Waals surface area contributed by atoms with Gasteiger partial charge in [0.15, 0.2) is 0 Å². The minimum Gasteiger partial charge on any atom is -0.202 e. The number of hydrogen-bond acceptors (Lipinski definition) is 3. The van der Waals surface area contributed by atoms with Crippen molar-refractivity contribution in [1.82, 2.24) is 0 Å². The summed E-state index contributed by atoms with van der Waals surface area (Å²) in [6.45, 7) is 0. The fourth-order valence-electron chi connectivity index (χ4n) is 0.722. The maximum atomic E-state index is 12.6. The van der Waals surface area contributed by atoms with E-state index in [-0.39, 0.29) is 0 Å². The second-order valence-corrected chi connectivity index (χ2v) is 3.23. The van der Waals surface area contributed by atoms with Gasteiger partial charge in [-0.05, 0) is 0 Å². The molecule has 0 fully saturated rings. The Hall–Kier alpha value is -0.770. The molecule has 0 saturated carbocycles. The third kappa shape index (κ3) is 1.29. The van der Waals surface area contributed by atoms with Crippen LogP contribution < -0.4 is 0 Å². The summed E-state index contributed by atoms with van der Waals surface area (Å²) in [4.78, 5) is 0. The van der Waals surface area contributed by atoms with E-state index < -0.39 is 33.9 Å². The van der Waals surface area contributed by atoms with Gasteiger partial charge in [-0.15, -0.1) is 0 Å².